The van der Waals surface area contributed by atoms with Gasteiger partial charge in [-0.05, 0) is 99.5 Å². The van der Waals surface area contributed by atoms with E-state index in [9.17, 15) is 32.3 Å². The summed E-state index contributed by atoms with van der Waals surface area (Å²) in [5, 5.41) is 10.5. The smallest absolute Gasteiger partial charge is 0.368 e. The highest BCUT2D eigenvalue weighted by molar-refractivity contribution is 6.05. The molecular weight excluding hydrogens is 776 g/mol. The van der Waals surface area contributed by atoms with E-state index in [4.69, 9.17) is 5.10 Å². The molecule has 1 spiro atoms. The van der Waals surface area contributed by atoms with Gasteiger partial charge in [0.25, 0.3) is 11.8 Å². The highest BCUT2D eigenvalue weighted by atomic mass is 19.4. The minimum Gasteiger partial charge on any atom is -0.368 e. The van der Waals surface area contributed by atoms with Crippen molar-refractivity contribution in [3.63, 3.8) is 0 Å². The zero-order valence-corrected chi connectivity index (χ0v) is 32.3. The van der Waals surface area contributed by atoms with Crippen LogP contribution in [0.4, 0.5) is 33.3 Å². The Morgan fingerprint density at radius 3 is 2.44 bits per heavy atom. The van der Waals surface area contributed by atoms with Crippen molar-refractivity contribution in [3.05, 3.63) is 88.5 Å². The van der Waals surface area contributed by atoms with Gasteiger partial charge in [-0.25, -0.2) is 13.6 Å². The number of fused-ring (bicyclic) bond motifs is 2. The van der Waals surface area contributed by atoms with Crippen molar-refractivity contribution in [1.82, 2.24) is 29.1 Å². The van der Waals surface area contributed by atoms with Crippen LogP contribution in [-0.4, -0.2) is 80.2 Å². The SMILES string of the molecule is Cn1c(=O)n(C2CCC(=O)NC2=O)c2cccc(N3CC4(CCN(CC5CCC(n6cc7cc(NC(=O)c8cccc(C(F)(F)F)c8)ccc7n6)CC5)CC4(F)F)C3)c21. The van der Waals surface area contributed by atoms with Crippen molar-refractivity contribution >= 4 is 51.0 Å². The lowest BCUT2D eigenvalue weighted by molar-refractivity contribution is -0.181. The highest BCUT2D eigenvalue weighted by Gasteiger charge is 2.62. The highest BCUT2D eigenvalue weighted by Crippen LogP contribution is 2.52. The number of imidazole rings is 1. The Hall–Kier alpha value is -5.58. The Morgan fingerprint density at radius 2 is 1.71 bits per heavy atom. The molecule has 5 heterocycles. The zero-order chi connectivity index (χ0) is 41.4. The average Bonchev–Trinajstić information content (AvgIpc) is 3.71. The minimum absolute atomic E-state index is 0.101. The summed E-state index contributed by atoms with van der Waals surface area (Å²) in [6.07, 6.45) is 1.41. The van der Waals surface area contributed by atoms with E-state index in [2.05, 4.69) is 10.6 Å². The number of likely N-dealkylation sites (tertiary alicyclic amines) is 1. The molecule has 3 aliphatic heterocycles. The molecule has 3 aromatic carbocycles. The number of aromatic nitrogens is 4. The molecule has 3 amide bonds. The summed E-state index contributed by atoms with van der Waals surface area (Å²) in [4.78, 5) is 54.4. The van der Waals surface area contributed by atoms with Crippen molar-refractivity contribution in [3.8, 4) is 0 Å². The van der Waals surface area contributed by atoms with Gasteiger partial charge in [0.1, 0.15) is 6.04 Å². The molecule has 1 atom stereocenters. The molecule has 4 fully saturated rings. The van der Waals surface area contributed by atoms with Gasteiger partial charge >= 0.3 is 11.9 Å². The van der Waals surface area contributed by atoms with Gasteiger partial charge in [-0.2, -0.15) is 18.3 Å². The number of halogens is 5. The molecule has 4 aliphatic rings. The molecule has 5 aromatic rings. The van der Waals surface area contributed by atoms with Crippen molar-refractivity contribution in [2.24, 2.45) is 18.4 Å². The van der Waals surface area contributed by atoms with Gasteiger partial charge < -0.3 is 10.2 Å². The predicted molar refractivity (Wildman–Crippen MR) is 209 cm³/mol. The number of anilines is 2. The fourth-order valence-electron chi connectivity index (χ4n) is 9.69. The Labute approximate surface area is 334 Å². The topological polar surface area (TPSA) is 126 Å². The number of amides is 3. The average molecular weight is 819 g/mol. The van der Waals surface area contributed by atoms with E-state index in [0.29, 0.717) is 41.9 Å². The number of nitrogens with zero attached hydrogens (tertiary/aromatic N) is 6. The predicted octanol–water partition coefficient (Wildman–Crippen LogP) is 6.52. The second kappa shape index (κ2) is 14.3. The first-order valence-corrected chi connectivity index (χ1v) is 20.0. The second-order valence-electron chi connectivity index (χ2n) is 16.7. The van der Waals surface area contributed by atoms with Crippen LogP contribution in [0.3, 0.4) is 0 Å². The Morgan fingerprint density at radius 1 is 0.949 bits per heavy atom. The molecule has 310 valence electrons. The zero-order valence-electron chi connectivity index (χ0n) is 32.3. The van der Waals surface area contributed by atoms with Crippen molar-refractivity contribution in [2.75, 3.05) is 42.9 Å². The molecule has 59 heavy (non-hydrogen) atoms. The lowest BCUT2D eigenvalue weighted by Gasteiger charge is -2.58. The standard InChI is InChI=1S/C42H43F5N8O4/c1-51-36-32(6-3-7-33(36)55(39(51)59)34-14-15-35(56)49-38(34)58)53-22-40(23-53)16-17-52(24-41(40,43)44)20-25-8-11-30(12-9-25)54-21-27-19-29(10-13-31(27)50-54)48-37(57)26-4-2-5-28(18-26)42(45,46)47/h2-7,10,13,18-19,21,25,30,34H,8-9,11-12,14-17,20,22-24H2,1H3,(H,48,57)(H,49,56,58). The fraction of sp³-hybridized carbons (Fsp3) is 0.452. The number of alkyl halides is 5. The maximum absolute atomic E-state index is 16.1. The van der Waals surface area contributed by atoms with Crippen molar-refractivity contribution < 1.29 is 36.3 Å². The summed E-state index contributed by atoms with van der Waals surface area (Å²) in [6, 6.07) is 14.0. The summed E-state index contributed by atoms with van der Waals surface area (Å²) in [5.74, 6) is -4.21. The molecule has 12 nitrogen and oxygen atoms in total. The van der Waals surface area contributed by atoms with Gasteiger partial charge in [0.2, 0.25) is 11.8 Å². The van der Waals surface area contributed by atoms with Crippen molar-refractivity contribution in [2.45, 2.75) is 69.1 Å². The molecule has 0 bridgehead atoms. The van der Waals surface area contributed by atoms with Gasteiger partial charge in [-0.1, -0.05) is 12.1 Å². The van der Waals surface area contributed by atoms with Gasteiger partial charge in [0, 0.05) is 55.9 Å². The number of hydrogen-bond donors (Lipinski definition) is 2. The van der Waals surface area contributed by atoms with Gasteiger partial charge in [0.05, 0.1) is 45.8 Å². The van der Waals surface area contributed by atoms with Crippen LogP contribution in [0.1, 0.15) is 73.0 Å². The number of rotatable bonds is 7. The molecule has 3 saturated heterocycles. The van der Waals surface area contributed by atoms with Crippen LogP contribution in [0.25, 0.3) is 21.9 Å². The monoisotopic (exact) mass is 818 g/mol. The summed E-state index contributed by atoms with van der Waals surface area (Å²) in [6.45, 7) is 1.14. The molecule has 9 rings (SSSR count). The number of carbonyl (C=O) groups is 3. The molecule has 2 N–H and O–H groups in total. The van der Waals surface area contributed by atoms with E-state index >= 15 is 8.78 Å². The summed E-state index contributed by atoms with van der Waals surface area (Å²) in [7, 11) is 1.61. The lowest BCUT2D eigenvalue weighted by Crippen LogP contribution is -2.70. The van der Waals surface area contributed by atoms with Gasteiger partial charge in [-0.15, -0.1) is 0 Å². The maximum Gasteiger partial charge on any atom is 0.416 e. The number of nitrogens with one attached hydrogen (secondary N) is 2. The first-order valence-electron chi connectivity index (χ1n) is 20.0. The van der Waals surface area contributed by atoms with E-state index in [1.54, 1.807) is 37.4 Å². The molecule has 1 saturated carbocycles. The van der Waals surface area contributed by atoms with Crippen LogP contribution in [0.15, 0.2) is 71.7 Å². The Bertz CT molecular complexity index is 2550. The van der Waals surface area contributed by atoms with Crippen LogP contribution in [0, 0.1) is 11.3 Å². The number of aryl methyl sites for hydroxylation is 1. The number of piperidine rings is 2. The third-order valence-corrected chi connectivity index (χ3v) is 13.0. The van der Waals surface area contributed by atoms with Crippen LogP contribution in [0.2, 0.25) is 0 Å². The van der Waals surface area contributed by atoms with Gasteiger partial charge in [-0.3, -0.25) is 38.4 Å². The van der Waals surface area contributed by atoms with E-state index in [1.807, 2.05) is 26.7 Å². The van der Waals surface area contributed by atoms with E-state index in [1.165, 1.54) is 21.3 Å². The Balaban J connectivity index is 0.796. The fourth-order valence-corrected chi connectivity index (χ4v) is 9.69. The number of benzene rings is 3. The lowest BCUT2D eigenvalue weighted by atomic mass is 9.68. The van der Waals surface area contributed by atoms with E-state index < -0.39 is 46.6 Å². The largest absolute Gasteiger partial charge is 0.416 e. The summed E-state index contributed by atoms with van der Waals surface area (Å²) >= 11 is 0. The number of para-hydroxylation sites is 1. The van der Waals surface area contributed by atoms with Crippen LogP contribution < -0.4 is 21.2 Å². The second-order valence-corrected chi connectivity index (χ2v) is 16.7. The van der Waals surface area contributed by atoms with Crippen LogP contribution >= 0.6 is 0 Å². The molecule has 17 heteroatoms. The van der Waals surface area contributed by atoms with E-state index in [-0.39, 0.29) is 55.9 Å². The first-order chi connectivity index (χ1) is 28.1. The van der Waals surface area contributed by atoms with Crippen LogP contribution in [0.5, 0.6) is 0 Å². The molecular formula is C42H43F5N8O4. The van der Waals surface area contributed by atoms with Crippen LogP contribution in [-0.2, 0) is 22.8 Å². The quantitative estimate of drug-likeness (QED) is 0.142. The molecule has 2 aromatic heterocycles. The minimum atomic E-state index is -4.56. The third kappa shape index (κ3) is 6.96. The maximum atomic E-state index is 16.1. The normalized spacial score (nSPS) is 23.4. The third-order valence-electron chi connectivity index (χ3n) is 13.0. The molecule has 1 unspecified atom stereocenters. The number of carbonyl (C=O) groups excluding carboxylic acids is 3. The molecule has 1 aliphatic carbocycles. The number of hydrogen-bond acceptors (Lipinski definition) is 7. The summed E-state index contributed by atoms with van der Waals surface area (Å²) < 4.78 is 76.5. The Kier molecular flexibility index (Phi) is 9.44. The van der Waals surface area contributed by atoms with Crippen molar-refractivity contribution in [1.29, 1.82) is 0 Å². The van der Waals surface area contributed by atoms with E-state index in [0.717, 1.165) is 48.7 Å². The number of imide groups is 1. The van der Waals surface area contributed by atoms with Gasteiger partial charge in [0.15, 0.2) is 0 Å². The summed E-state index contributed by atoms with van der Waals surface area (Å²) in [5.41, 5.74) is 0.331. The first kappa shape index (κ1) is 38.9. The molecule has 0 radical (unpaired) electrons.